The summed E-state index contributed by atoms with van der Waals surface area (Å²) in [5.41, 5.74) is 2.17. The van der Waals surface area contributed by atoms with Crippen LogP contribution < -0.4 is 9.62 Å². The zero-order chi connectivity index (χ0) is 25.5. The van der Waals surface area contributed by atoms with Gasteiger partial charge in [-0.1, -0.05) is 48.0 Å². The molecule has 7 nitrogen and oxygen atoms in total. The zero-order valence-electron chi connectivity index (χ0n) is 20.4. The number of sulfonamides is 1. The summed E-state index contributed by atoms with van der Waals surface area (Å²) in [6.07, 6.45) is 1.52. The monoisotopic (exact) mass is 507 g/mol. The number of hydrogen-bond donors (Lipinski definition) is 1. The van der Waals surface area contributed by atoms with Crippen molar-refractivity contribution >= 4 is 39.1 Å². The van der Waals surface area contributed by atoms with Crippen LogP contribution in [0.1, 0.15) is 44.7 Å². The van der Waals surface area contributed by atoms with Crippen molar-refractivity contribution in [3.63, 3.8) is 0 Å². The molecule has 0 aliphatic heterocycles. The Balaban J connectivity index is 2.18. The van der Waals surface area contributed by atoms with Crippen LogP contribution in [-0.2, 0) is 26.2 Å². The number of carbonyl (C=O) groups excluding carboxylic acids is 2. The minimum atomic E-state index is -3.58. The lowest BCUT2D eigenvalue weighted by Crippen LogP contribution is -2.49. The smallest absolute Gasteiger partial charge is 0.242 e. The number of hydrogen-bond acceptors (Lipinski definition) is 4. The molecule has 2 aromatic carbocycles. The van der Waals surface area contributed by atoms with Crippen molar-refractivity contribution in [3.05, 3.63) is 64.7 Å². The molecule has 1 atom stereocenters. The number of carbonyl (C=O) groups is 2. The molecule has 2 rings (SSSR count). The molecule has 0 aliphatic rings. The molecule has 2 aromatic rings. The summed E-state index contributed by atoms with van der Waals surface area (Å²) in [4.78, 5) is 27.4. The van der Waals surface area contributed by atoms with Gasteiger partial charge in [0.2, 0.25) is 21.8 Å². The van der Waals surface area contributed by atoms with Crippen molar-refractivity contribution < 1.29 is 18.0 Å². The number of amides is 2. The van der Waals surface area contributed by atoms with E-state index in [2.05, 4.69) is 5.32 Å². The van der Waals surface area contributed by atoms with Crippen LogP contribution in [0.3, 0.4) is 0 Å². The molecular formula is C25H34ClN3O4S. The second-order valence-electron chi connectivity index (χ2n) is 8.72. The maximum Gasteiger partial charge on any atom is 0.242 e. The third-order valence-corrected chi connectivity index (χ3v) is 6.80. The van der Waals surface area contributed by atoms with Gasteiger partial charge in [0.15, 0.2) is 0 Å². The molecule has 0 heterocycles. The van der Waals surface area contributed by atoms with Gasteiger partial charge >= 0.3 is 0 Å². The Hall–Kier alpha value is -2.58. The van der Waals surface area contributed by atoms with E-state index in [9.17, 15) is 18.0 Å². The third kappa shape index (κ3) is 8.02. The second-order valence-corrected chi connectivity index (χ2v) is 11.1. The van der Waals surface area contributed by atoms with Crippen molar-refractivity contribution in [2.45, 2.75) is 59.2 Å². The number of benzene rings is 2. The van der Waals surface area contributed by atoms with Crippen molar-refractivity contribution in [1.82, 2.24) is 10.2 Å². The fourth-order valence-corrected chi connectivity index (χ4v) is 4.78. The largest absolute Gasteiger partial charge is 0.352 e. The van der Waals surface area contributed by atoms with Gasteiger partial charge in [-0.25, -0.2) is 8.42 Å². The van der Waals surface area contributed by atoms with Gasteiger partial charge in [-0.05, 0) is 57.4 Å². The van der Waals surface area contributed by atoms with Crippen LogP contribution in [-0.4, -0.2) is 50.0 Å². The Morgan fingerprint density at radius 3 is 2.29 bits per heavy atom. The number of halogens is 1. The minimum absolute atomic E-state index is 0.0483. The quantitative estimate of drug-likeness (QED) is 0.495. The predicted molar refractivity (Wildman–Crippen MR) is 137 cm³/mol. The highest BCUT2D eigenvalue weighted by Gasteiger charge is 2.27. The topological polar surface area (TPSA) is 86.8 Å². The lowest BCUT2D eigenvalue weighted by molar-refractivity contribution is -0.140. The molecule has 0 radical (unpaired) electrons. The fourth-order valence-electron chi connectivity index (χ4n) is 3.60. The van der Waals surface area contributed by atoms with Crippen LogP contribution in [0, 0.1) is 6.92 Å². The second kappa shape index (κ2) is 12.2. The van der Waals surface area contributed by atoms with E-state index in [1.54, 1.807) is 30.0 Å². The number of rotatable bonds is 11. The Morgan fingerprint density at radius 1 is 1.06 bits per heavy atom. The molecule has 0 fully saturated rings. The first kappa shape index (κ1) is 27.7. The van der Waals surface area contributed by atoms with E-state index in [0.29, 0.717) is 17.1 Å². The van der Waals surface area contributed by atoms with Crippen LogP contribution in [0.4, 0.5) is 5.69 Å². The molecule has 0 spiro atoms. The van der Waals surface area contributed by atoms with Crippen molar-refractivity contribution in [1.29, 1.82) is 0 Å². The molecule has 186 valence electrons. The van der Waals surface area contributed by atoms with Crippen molar-refractivity contribution in [3.8, 4) is 0 Å². The fraction of sp³-hybridized carbons (Fsp3) is 0.440. The van der Waals surface area contributed by atoms with E-state index in [1.807, 2.05) is 51.1 Å². The highest BCUT2D eigenvalue weighted by Crippen LogP contribution is 2.27. The maximum absolute atomic E-state index is 13.2. The summed E-state index contributed by atoms with van der Waals surface area (Å²) >= 11 is 6.09. The van der Waals surface area contributed by atoms with Crippen molar-refractivity contribution in [2.24, 2.45) is 0 Å². The first-order valence-electron chi connectivity index (χ1n) is 11.3. The lowest BCUT2D eigenvalue weighted by Gasteiger charge is -2.30. The van der Waals surface area contributed by atoms with E-state index >= 15 is 0 Å². The van der Waals surface area contributed by atoms with Crippen LogP contribution >= 0.6 is 11.6 Å². The number of anilines is 1. The number of aryl methyl sites for hydroxylation is 1. The molecule has 0 saturated carbocycles. The van der Waals surface area contributed by atoms with Gasteiger partial charge in [0, 0.05) is 30.6 Å². The summed E-state index contributed by atoms with van der Waals surface area (Å²) in [6.45, 7) is 7.66. The predicted octanol–water partition coefficient (Wildman–Crippen LogP) is 4.14. The molecule has 0 aromatic heterocycles. The van der Waals surface area contributed by atoms with Gasteiger partial charge in [0.1, 0.15) is 6.04 Å². The Bertz CT molecular complexity index is 1090. The first-order valence-corrected chi connectivity index (χ1v) is 13.5. The molecule has 9 heteroatoms. The van der Waals surface area contributed by atoms with Crippen LogP contribution in [0.5, 0.6) is 0 Å². The van der Waals surface area contributed by atoms with Gasteiger partial charge in [-0.15, -0.1) is 0 Å². The van der Waals surface area contributed by atoms with E-state index in [-0.39, 0.29) is 37.4 Å². The van der Waals surface area contributed by atoms with E-state index in [0.717, 1.165) is 17.4 Å². The highest BCUT2D eigenvalue weighted by atomic mass is 35.5. The third-order valence-electron chi connectivity index (χ3n) is 5.39. The summed E-state index contributed by atoms with van der Waals surface area (Å²) < 4.78 is 26.2. The Morgan fingerprint density at radius 2 is 1.71 bits per heavy atom. The number of nitrogens with one attached hydrogen (secondary N) is 1. The molecule has 0 bridgehead atoms. The summed E-state index contributed by atoms with van der Waals surface area (Å²) in [7, 11) is -3.58. The lowest BCUT2D eigenvalue weighted by atomic mass is 10.1. The molecule has 0 saturated heterocycles. The van der Waals surface area contributed by atoms with E-state index < -0.39 is 16.1 Å². The SMILES string of the molecule is Cc1ccc(Cl)cc1N(CCCC(=O)N(Cc1ccccc1)[C@@H](C)C(=O)NC(C)C)S(C)(=O)=O. The van der Waals surface area contributed by atoms with E-state index in [4.69, 9.17) is 11.6 Å². The summed E-state index contributed by atoms with van der Waals surface area (Å²) in [6, 6.07) is 13.8. The summed E-state index contributed by atoms with van der Waals surface area (Å²) in [5.74, 6) is -0.446. The normalized spacial score (nSPS) is 12.3. The Labute approximate surface area is 208 Å². The minimum Gasteiger partial charge on any atom is -0.352 e. The standard InChI is InChI=1S/C25H34ClN3O4S/c1-18(2)27-25(31)20(4)28(17-21-10-7-6-8-11-21)24(30)12-9-15-29(34(5,32)33)23-16-22(26)14-13-19(23)3/h6-8,10-11,13-14,16,18,20H,9,12,15,17H2,1-5H3,(H,27,31)/t20-/m0/s1. The van der Waals surface area contributed by atoms with Crippen LogP contribution in [0.2, 0.25) is 5.02 Å². The van der Waals surface area contributed by atoms with Gasteiger partial charge in [0.25, 0.3) is 0 Å². The van der Waals surface area contributed by atoms with Gasteiger partial charge in [0.05, 0.1) is 11.9 Å². The average molecular weight is 508 g/mol. The van der Waals surface area contributed by atoms with Crippen LogP contribution in [0.15, 0.2) is 48.5 Å². The van der Waals surface area contributed by atoms with Crippen LogP contribution in [0.25, 0.3) is 0 Å². The molecule has 0 aliphatic carbocycles. The van der Waals surface area contributed by atoms with Crippen molar-refractivity contribution in [2.75, 3.05) is 17.1 Å². The van der Waals surface area contributed by atoms with Gasteiger partial charge in [-0.2, -0.15) is 0 Å². The average Bonchev–Trinajstić information content (AvgIpc) is 2.75. The zero-order valence-corrected chi connectivity index (χ0v) is 22.0. The van der Waals surface area contributed by atoms with Gasteiger partial charge < -0.3 is 10.2 Å². The number of nitrogens with zero attached hydrogens (tertiary/aromatic N) is 2. The molecule has 0 unspecified atom stereocenters. The molecular weight excluding hydrogens is 474 g/mol. The Kier molecular flexibility index (Phi) is 9.94. The molecule has 34 heavy (non-hydrogen) atoms. The first-order chi connectivity index (χ1) is 15.9. The van der Waals surface area contributed by atoms with Gasteiger partial charge in [-0.3, -0.25) is 13.9 Å². The van der Waals surface area contributed by atoms with E-state index in [1.165, 1.54) is 4.31 Å². The summed E-state index contributed by atoms with van der Waals surface area (Å²) in [5, 5.41) is 3.29. The highest BCUT2D eigenvalue weighted by molar-refractivity contribution is 7.92. The molecule has 2 amide bonds. The maximum atomic E-state index is 13.2. The molecule has 1 N–H and O–H groups in total.